The van der Waals surface area contributed by atoms with Crippen LogP contribution in [0.3, 0.4) is 0 Å². The van der Waals surface area contributed by atoms with Crippen LogP contribution in [0.15, 0.2) is 0 Å². The number of carbonyl (C=O) groups excluding carboxylic acids is 1. The number of aliphatic carboxylic acids is 1. The molecule has 31 heavy (non-hydrogen) atoms. The second kappa shape index (κ2) is 8.45. The molecular formula is C23H34N2O5S. The van der Waals surface area contributed by atoms with Crippen LogP contribution >= 0.6 is 11.3 Å². The monoisotopic (exact) mass is 450 g/mol. The first kappa shape index (κ1) is 22.7. The molecule has 4 rings (SSSR count). The molecule has 7 nitrogen and oxygen atoms in total. The van der Waals surface area contributed by atoms with Crippen LogP contribution in [-0.2, 0) is 16.0 Å². The van der Waals surface area contributed by atoms with Crippen molar-refractivity contribution in [1.29, 1.82) is 0 Å². The second-order valence-corrected chi connectivity index (χ2v) is 11.4. The van der Waals surface area contributed by atoms with Gasteiger partial charge in [0, 0.05) is 22.1 Å². The van der Waals surface area contributed by atoms with Crippen LogP contribution in [0.25, 0.3) is 0 Å². The minimum Gasteiger partial charge on any atom is -0.481 e. The number of nitrogens with zero attached hydrogens (tertiary/aromatic N) is 1. The topological polar surface area (TPSA) is 120 Å². The molecule has 172 valence electrons. The van der Waals surface area contributed by atoms with Crippen LogP contribution in [0.2, 0.25) is 0 Å². The molecule has 0 radical (unpaired) electrons. The molecule has 2 saturated carbocycles. The highest BCUT2D eigenvalue weighted by Gasteiger charge is 2.59. The van der Waals surface area contributed by atoms with Gasteiger partial charge in [-0.15, -0.1) is 11.3 Å². The standard InChI is InChI=1S/C23H34N2O5S/c1-22-9-8-17(27)23(2,12-26)16(22)11-15-19(14(22)10-18(28)29)24-21(31-15)25-20(30)13-6-4-3-5-7-13/h13-14,16-17,26-27H,3-12H2,1-2H3,(H,28,29)(H,24,25,30)/t14-,16+,17-,22+,23+/m1/s1. The van der Waals surface area contributed by atoms with E-state index in [1.54, 1.807) is 0 Å². The summed E-state index contributed by atoms with van der Waals surface area (Å²) >= 11 is 1.43. The number of aliphatic hydroxyl groups is 2. The van der Waals surface area contributed by atoms with Crippen molar-refractivity contribution >= 4 is 28.3 Å². The molecule has 0 aromatic carbocycles. The van der Waals surface area contributed by atoms with Crippen molar-refractivity contribution in [1.82, 2.24) is 4.98 Å². The zero-order chi connectivity index (χ0) is 22.4. The molecule has 0 aliphatic heterocycles. The number of hydrogen-bond acceptors (Lipinski definition) is 6. The number of aliphatic hydroxyl groups excluding tert-OH is 2. The number of hydrogen-bond donors (Lipinski definition) is 4. The van der Waals surface area contributed by atoms with Gasteiger partial charge in [-0.1, -0.05) is 33.1 Å². The Kier molecular flexibility index (Phi) is 6.18. The van der Waals surface area contributed by atoms with Crippen molar-refractivity contribution in [2.24, 2.45) is 22.7 Å². The summed E-state index contributed by atoms with van der Waals surface area (Å²) in [5.74, 6) is -1.21. The number of thiazole rings is 1. The van der Waals surface area contributed by atoms with Crippen LogP contribution in [0.4, 0.5) is 5.13 Å². The fraction of sp³-hybridized carbons (Fsp3) is 0.783. The van der Waals surface area contributed by atoms with Crippen LogP contribution < -0.4 is 5.32 Å². The van der Waals surface area contributed by atoms with Crippen LogP contribution in [-0.4, -0.2) is 44.9 Å². The average Bonchev–Trinajstić information content (AvgIpc) is 3.15. The van der Waals surface area contributed by atoms with Crippen molar-refractivity contribution in [3.05, 3.63) is 10.6 Å². The molecule has 4 N–H and O–H groups in total. The summed E-state index contributed by atoms with van der Waals surface area (Å²) in [6.07, 6.45) is 6.34. The van der Waals surface area contributed by atoms with E-state index < -0.39 is 17.5 Å². The van der Waals surface area contributed by atoms with E-state index in [0.717, 1.165) is 36.3 Å². The summed E-state index contributed by atoms with van der Waals surface area (Å²) in [7, 11) is 0. The summed E-state index contributed by atoms with van der Waals surface area (Å²) in [6, 6.07) is 0. The quantitative estimate of drug-likeness (QED) is 0.545. The van der Waals surface area contributed by atoms with Gasteiger partial charge < -0.3 is 20.6 Å². The van der Waals surface area contributed by atoms with Gasteiger partial charge in [-0.2, -0.15) is 0 Å². The Morgan fingerprint density at radius 1 is 1.19 bits per heavy atom. The zero-order valence-electron chi connectivity index (χ0n) is 18.4. The highest BCUT2D eigenvalue weighted by Crippen LogP contribution is 2.62. The number of carbonyl (C=O) groups is 2. The Morgan fingerprint density at radius 3 is 2.55 bits per heavy atom. The summed E-state index contributed by atoms with van der Waals surface area (Å²) in [4.78, 5) is 30.2. The fourth-order valence-corrected chi connectivity index (χ4v) is 7.52. The predicted octanol–water partition coefficient (Wildman–Crippen LogP) is 3.55. The summed E-state index contributed by atoms with van der Waals surface area (Å²) in [5, 5.41) is 34.1. The Bertz CT molecular complexity index is 851. The lowest BCUT2D eigenvalue weighted by atomic mass is 9.47. The first-order valence-electron chi connectivity index (χ1n) is 11.5. The van der Waals surface area contributed by atoms with Gasteiger partial charge in [0.1, 0.15) is 0 Å². The van der Waals surface area contributed by atoms with E-state index in [0.29, 0.717) is 24.4 Å². The zero-order valence-corrected chi connectivity index (χ0v) is 19.2. The third kappa shape index (κ3) is 3.91. The third-order valence-corrected chi connectivity index (χ3v) is 9.49. The van der Waals surface area contributed by atoms with Crippen molar-refractivity contribution in [2.45, 2.75) is 83.7 Å². The molecule has 5 atom stereocenters. The summed E-state index contributed by atoms with van der Waals surface area (Å²) < 4.78 is 0. The first-order chi connectivity index (χ1) is 14.7. The Morgan fingerprint density at radius 2 is 1.90 bits per heavy atom. The van der Waals surface area contributed by atoms with E-state index in [1.165, 1.54) is 17.8 Å². The minimum atomic E-state index is -0.879. The number of carboxylic acid groups (broad SMARTS) is 1. The van der Waals surface area contributed by atoms with Crippen LogP contribution in [0.1, 0.15) is 81.7 Å². The van der Waals surface area contributed by atoms with Crippen LogP contribution in [0, 0.1) is 22.7 Å². The number of fused-ring (bicyclic) bond motifs is 2. The number of aromatic nitrogens is 1. The molecule has 0 unspecified atom stereocenters. The van der Waals surface area contributed by atoms with E-state index in [1.807, 2.05) is 6.92 Å². The number of amides is 1. The van der Waals surface area contributed by atoms with Crippen molar-refractivity contribution in [2.75, 3.05) is 11.9 Å². The molecule has 0 spiro atoms. The molecule has 3 aliphatic rings. The molecule has 1 aromatic rings. The molecule has 1 aromatic heterocycles. The molecule has 2 fully saturated rings. The van der Waals surface area contributed by atoms with Gasteiger partial charge in [0.15, 0.2) is 5.13 Å². The van der Waals surface area contributed by atoms with E-state index in [9.17, 15) is 24.9 Å². The fourth-order valence-electron chi connectivity index (χ4n) is 6.45. The largest absolute Gasteiger partial charge is 0.481 e. The van der Waals surface area contributed by atoms with E-state index in [4.69, 9.17) is 4.98 Å². The minimum absolute atomic E-state index is 0.0137. The summed E-state index contributed by atoms with van der Waals surface area (Å²) in [6.45, 7) is 3.86. The lowest BCUT2D eigenvalue weighted by Crippen LogP contribution is -2.57. The third-order valence-electron chi connectivity index (χ3n) is 8.48. The van der Waals surface area contributed by atoms with Gasteiger partial charge in [0.25, 0.3) is 0 Å². The number of anilines is 1. The van der Waals surface area contributed by atoms with Gasteiger partial charge in [-0.3, -0.25) is 9.59 Å². The molecule has 1 heterocycles. The van der Waals surface area contributed by atoms with Gasteiger partial charge in [-0.25, -0.2) is 4.98 Å². The number of rotatable bonds is 5. The Hall–Kier alpha value is -1.51. The van der Waals surface area contributed by atoms with Gasteiger partial charge in [0.2, 0.25) is 5.91 Å². The van der Waals surface area contributed by atoms with E-state index >= 15 is 0 Å². The van der Waals surface area contributed by atoms with E-state index in [-0.39, 0.29) is 42.1 Å². The number of carboxylic acids is 1. The molecule has 0 saturated heterocycles. The van der Waals surface area contributed by atoms with Crippen molar-refractivity contribution < 1.29 is 24.9 Å². The summed E-state index contributed by atoms with van der Waals surface area (Å²) in [5.41, 5.74) is -0.306. The maximum absolute atomic E-state index is 12.7. The van der Waals surface area contributed by atoms with Crippen molar-refractivity contribution in [3.8, 4) is 0 Å². The van der Waals surface area contributed by atoms with Crippen LogP contribution in [0.5, 0.6) is 0 Å². The van der Waals surface area contributed by atoms with Crippen molar-refractivity contribution in [3.63, 3.8) is 0 Å². The predicted molar refractivity (Wildman–Crippen MR) is 118 cm³/mol. The molecule has 8 heteroatoms. The lowest BCUT2D eigenvalue weighted by Gasteiger charge is -2.58. The highest BCUT2D eigenvalue weighted by molar-refractivity contribution is 7.15. The highest BCUT2D eigenvalue weighted by atomic mass is 32.1. The molecule has 0 bridgehead atoms. The maximum Gasteiger partial charge on any atom is 0.304 e. The SMILES string of the molecule is C[C@]1(CO)[C@H]2Cc3sc(NC(=O)C4CCCCC4)nc3[C@@H](CC(=O)O)[C@]2(C)CC[C@H]1O. The van der Waals surface area contributed by atoms with Gasteiger partial charge >= 0.3 is 5.97 Å². The van der Waals surface area contributed by atoms with Gasteiger partial charge in [0.05, 0.1) is 24.8 Å². The first-order valence-corrected chi connectivity index (χ1v) is 12.3. The average molecular weight is 451 g/mol. The molecule has 1 amide bonds. The normalized spacial score (nSPS) is 35.8. The number of nitrogens with one attached hydrogen (secondary N) is 1. The maximum atomic E-state index is 12.7. The molecule has 3 aliphatic carbocycles. The smallest absolute Gasteiger partial charge is 0.304 e. The molecular weight excluding hydrogens is 416 g/mol. The second-order valence-electron chi connectivity index (χ2n) is 10.3. The Balaban J connectivity index is 1.67. The Labute approximate surface area is 187 Å². The van der Waals surface area contributed by atoms with E-state index in [2.05, 4.69) is 12.2 Å². The van der Waals surface area contributed by atoms with Gasteiger partial charge in [-0.05, 0) is 43.4 Å². The lowest BCUT2D eigenvalue weighted by molar-refractivity contribution is -0.150.